The summed E-state index contributed by atoms with van der Waals surface area (Å²) in [5.41, 5.74) is 1.78. The third kappa shape index (κ3) is 2.43. The molecule has 0 spiro atoms. The van der Waals surface area contributed by atoms with Gasteiger partial charge in [-0.05, 0) is 11.6 Å². The number of benzene rings is 1. The summed E-state index contributed by atoms with van der Waals surface area (Å²) in [5, 5.41) is 0. The van der Waals surface area contributed by atoms with Crippen molar-refractivity contribution < 1.29 is 13.2 Å². The van der Waals surface area contributed by atoms with Crippen molar-refractivity contribution >= 4 is 21.7 Å². The first-order valence-electron chi connectivity index (χ1n) is 7.32. The van der Waals surface area contributed by atoms with Gasteiger partial charge in [0.2, 0.25) is 10.0 Å². The van der Waals surface area contributed by atoms with Crippen molar-refractivity contribution in [2.45, 2.75) is 5.92 Å². The predicted molar refractivity (Wildman–Crippen MR) is 85.5 cm³/mol. The lowest BCUT2D eigenvalue weighted by Gasteiger charge is -2.35. The third-order valence-electron chi connectivity index (χ3n) is 4.50. The van der Waals surface area contributed by atoms with Gasteiger partial charge in [-0.25, -0.2) is 13.2 Å². The summed E-state index contributed by atoms with van der Waals surface area (Å²) in [4.78, 5) is 15.6. The van der Waals surface area contributed by atoms with Gasteiger partial charge in [-0.1, -0.05) is 18.2 Å². The Kier molecular flexibility index (Phi) is 3.55. The molecular formula is C15H21N3O3S. The predicted octanol–water partition coefficient (Wildman–Crippen LogP) is 1.16. The second kappa shape index (κ2) is 5.15. The molecule has 0 aliphatic carbocycles. The maximum atomic E-state index is 12.2. The SMILES string of the molecule is CN(C)C(=O)N1C[C@H]2CN(S(C)(=O)=O)c3ccccc3[C@@H]2C1. The standard InChI is InChI=1S/C15H21N3O3S/c1-16(2)15(19)17-8-11-9-18(22(3,20)21)14-7-5-4-6-12(14)13(11)10-17/h4-7,11,13H,8-10H2,1-3H3/t11-,13+/m0/s1. The minimum absolute atomic E-state index is 0.0159. The molecule has 0 unspecified atom stereocenters. The second-order valence-electron chi connectivity index (χ2n) is 6.30. The molecule has 120 valence electrons. The van der Waals surface area contributed by atoms with Crippen LogP contribution < -0.4 is 4.31 Å². The quantitative estimate of drug-likeness (QED) is 0.779. The average Bonchev–Trinajstić information content (AvgIpc) is 2.88. The van der Waals surface area contributed by atoms with Crippen molar-refractivity contribution in [1.82, 2.24) is 9.80 Å². The van der Waals surface area contributed by atoms with Gasteiger partial charge in [0, 0.05) is 45.6 Å². The molecule has 0 bridgehead atoms. The molecule has 1 fully saturated rings. The fourth-order valence-electron chi connectivity index (χ4n) is 3.50. The van der Waals surface area contributed by atoms with Gasteiger partial charge in [-0.3, -0.25) is 4.31 Å². The van der Waals surface area contributed by atoms with E-state index in [1.807, 2.05) is 29.2 Å². The molecule has 7 heteroatoms. The molecule has 3 rings (SSSR count). The molecule has 0 N–H and O–H groups in total. The van der Waals surface area contributed by atoms with Gasteiger partial charge in [0.15, 0.2) is 0 Å². The van der Waals surface area contributed by atoms with Crippen LogP contribution in [0.3, 0.4) is 0 Å². The van der Waals surface area contributed by atoms with E-state index in [1.54, 1.807) is 19.0 Å². The summed E-state index contributed by atoms with van der Waals surface area (Å²) in [6.07, 6.45) is 1.24. The molecule has 1 aromatic carbocycles. The Bertz CT molecular complexity index is 702. The zero-order valence-corrected chi connectivity index (χ0v) is 13.9. The molecule has 0 aromatic heterocycles. The lowest BCUT2D eigenvalue weighted by molar-refractivity contribution is 0.180. The van der Waals surface area contributed by atoms with Crippen LogP contribution in [0.1, 0.15) is 11.5 Å². The topological polar surface area (TPSA) is 60.9 Å². The molecule has 2 heterocycles. The largest absolute Gasteiger partial charge is 0.331 e. The van der Waals surface area contributed by atoms with Crippen molar-refractivity contribution in [1.29, 1.82) is 0 Å². The van der Waals surface area contributed by atoms with E-state index in [9.17, 15) is 13.2 Å². The van der Waals surface area contributed by atoms with E-state index in [2.05, 4.69) is 0 Å². The highest BCUT2D eigenvalue weighted by Gasteiger charge is 2.43. The number of fused-ring (bicyclic) bond motifs is 3. The molecule has 2 aliphatic rings. The number of amides is 2. The number of anilines is 1. The molecule has 2 atom stereocenters. The van der Waals surface area contributed by atoms with Crippen molar-refractivity contribution in [2.75, 3.05) is 44.3 Å². The maximum absolute atomic E-state index is 12.2. The first-order chi connectivity index (χ1) is 10.3. The lowest BCUT2D eigenvalue weighted by Crippen LogP contribution is -2.41. The van der Waals surface area contributed by atoms with Crippen LogP contribution in [0.4, 0.5) is 10.5 Å². The first kappa shape index (κ1) is 15.1. The monoisotopic (exact) mass is 323 g/mol. The van der Waals surface area contributed by atoms with Crippen molar-refractivity contribution in [3.8, 4) is 0 Å². The van der Waals surface area contributed by atoms with E-state index in [-0.39, 0.29) is 17.9 Å². The zero-order chi connectivity index (χ0) is 16.1. The van der Waals surface area contributed by atoms with Crippen LogP contribution in [0.15, 0.2) is 24.3 Å². The molecule has 0 radical (unpaired) electrons. The minimum atomic E-state index is -3.31. The number of urea groups is 1. The number of nitrogens with zero attached hydrogens (tertiary/aromatic N) is 3. The van der Waals surface area contributed by atoms with Crippen LogP contribution in [-0.4, -0.2) is 64.2 Å². The Balaban J connectivity index is 1.98. The van der Waals surface area contributed by atoms with E-state index in [0.29, 0.717) is 19.6 Å². The Morgan fingerprint density at radius 1 is 1.18 bits per heavy atom. The van der Waals surface area contributed by atoms with E-state index in [4.69, 9.17) is 0 Å². The lowest BCUT2D eigenvalue weighted by atomic mass is 9.85. The maximum Gasteiger partial charge on any atom is 0.319 e. The molecule has 2 amide bonds. The van der Waals surface area contributed by atoms with Crippen LogP contribution in [0.5, 0.6) is 0 Å². The number of likely N-dealkylation sites (tertiary alicyclic amines) is 1. The Morgan fingerprint density at radius 2 is 1.86 bits per heavy atom. The molecule has 1 aromatic rings. The summed E-state index contributed by atoms with van der Waals surface area (Å²) in [5.74, 6) is 0.353. The van der Waals surface area contributed by atoms with Crippen LogP contribution in [0, 0.1) is 5.92 Å². The number of carbonyl (C=O) groups is 1. The Hall–Kier alpha value is -1.76. The average molecular weight is 323 g/mol. The highest BCUT2D eigenvalue weighted by atomic mass is 32.2. The molecule has 22 heavy (non-hydrogen) atoms. The van der Waals surface area contributed by atoms with Crippen LogP contribution in [0.25, 0.3) is 0 Å². The number of rotatable bonds is 1. The van der Waals surface area contributed by atoms with E-state index >= 15 is 0 Å². The van der Waals surface area contributed by atoms with Crippen LogP contribution >= 0.6 is 0 Å². The number of sulfonamides is 1. The molecular weight excluding hydrogens is 302 g/mol. The highest BCUT2D eigenvalue weighted by Crippen LogP contribution is 2.43. The molecule has 2 aliphatic heterocycles. The highest BCUT2D eigenvalue weighted by molar-refractivity contribution is 7.92. The van der Waals surface area contributed by atoms with Gasteiger partial charge in [0.05, 0.1) is 11.9 Å². The van der Waals surface area contributed by atoms with Gasteiger partial charge in [0.1, 0.15) is 0 Å². The molecule has 1 saturated heterocycles. The summed E-state index contributed by atoms with van der Waals surface area (Å²) in [7, 11) is 0.162. The first-order valence-corrected chi connectivity index (χ1v) is 9.16. The van der Waals surface area contributed by atoms with Crippen molar-refractivity contribution in [2.24, 2.45) is 5.92 Å². The summed E-state index contributed by atoms with van der Waals surface area (Å²) in [6.45, 7) is 1.69. The minimum Gasteiger partial charge on any atom is -0.331 e. The third-order valence-corrected chi connectivity index (χ3v) is 5.65. The number of para-hydroxylation sites is 1. The molecule has 6 nitrogen and oxygen atoms in total. The Morgan fingerprint density at radius 3 is 2.50 bits per heavy atom. The molecule has 0 saturated carbocycles. The van der Waals surface area contributed by atoms with Crippen LogP contribution in [-0.2, 0) is 10.0 Å². The zero-order valence-electron chi connectivity index (χ0n) is 13.1. The van der Waals surface area contributed by atoms with Crippen molar-refractivity contribution in [3.63, 3.8) is 0 Å². The number of hydrogen-bond donors (Lipinski definition) is 0. The number of hydrogen-bond acceptors (Lipinski definition) is 3. The number of carbonyl (C=O) groups excluding carboxylic acids is 1. The van der Waals surface area contributed by atoms with Crippen molar-refractivity contribution in [3.05, 3.63) is 29.8 Å². The fourth-order valence-corrected chi connectivity index (χ4v) is 4.49. The summed E-state index contributed by atoms with van der Waals surface area (Å²) in [6, 6.07) is 7.60. The van der Waals surface area contributed by atoms with E-state index in [1.165, 1.54) is 10.6 Å². The second-order valence-corrected chi connectivity index (χ2v) is 8.21. The smallest absolute Gasteiger partial charge is 0.319 e. The van der Waals surface area contributed by atoms with Gasteiger partial charge in [-0.2, -0.15) is 0 Å². The summed E-state index contributed by atoms with van der Waals surface area (Å²) < 4.78 is 25.7. The van der Waals surface area contributed by atoms with Gasteiger partial charge < -0.3 is 9.80 Å². The van der Waals surface area contributed by atoms with Gasteiger partial charge >= 0.3 is 6.03 Å². The van der Waals surface area contributed by atoms with Crippen LogP contribution in [0.2, 0.25) is 0 Å². The van der Waals surface area contributed by atoms with E-state index in [0.717, 1.165) is 11.3 Å². The van der Waals surface area contributed by atoms with Gasteiger partial charge in [-0.15, -0.1) is 0 Å². The Labute approximate surface area is 131 Å². The fraction of sp³-hybridized carbons (Fsp3) is 0.533. The summed E-state index contributed by atoms with van der Waals surface area (Å²) >= 11 is 0. The normalized spacial score (nSPS) is 24.0. The van der Waals surface area contributed by atoms with Gasteiger partial charge in [0.25, 0.3) is 0 Å². The van der Waals surface area contributed by atoms with E-state index < -0.39 is 10.0 Å².